The summed E-state index contributed by atoms with van der Waals surface area (Å²) in [7, 11) is 0. The maximum atomic E-state index is 12.3. The van der Waals surface area contributed by atoms with Crippen LogP contribution in [-0.2, 0) is 4.79 Å². The van der Waals surface area contributed by atoms with Crippen molar-refractivity contribution in [2.75, 3.05) is 13.2 Å². The van der Waals surface area contributed by atoms with Gasteiger partial charge in [-0.2, -0.15) is 0 Å². The van der Waals surface area contributed by atoms with Gasteiger partial charge in [0.1, 0.15) is 5.75 Å². The van der Waals surface area contributed by atoms with Gasteiger partial charge in [0.25, 0.3) is 5.91 Å². The lowest BCUT2D eigenvalue weighted by Gasteiger charge is -2.23. The fourth-order valence-electron chi connectivity index (χ4n) is 3.19. The average Bonchev–Trinajstić information content (AvgIpc) is 3.10. The molecule has 0 aliphatic carbocycles. The third-order valence-electron chi connectivity index (χ3n) is 4.49. The van der Waals surface area contributed by atoms with Gasteiger partial charge >= 0.3 is 0 Å². The first kappa shape index (κ1) is 15.6. The molecule has 0 bridgehead atoms. The van der Waals surface area contributed by atoms with Crippen molar-refractivity contribution in [2.45, 2.75) is 32.2 Å². The summed E-state index contributed by atoms with van der Waals surface area (Å²) in [6, 6.07) is 18.5. The Morgan fingerprint density at radius 1 is 1.09 bits per heavy atom. The van der Waals surface area contributed by atoms with E-state index in [2.05, 4.69) is 19.1 Å². The normalized spacial score (nSPS) is 17.3. The summed E-state index contributed by atoms with van der Waals surface area (Å²) in [5.74, 6) is 0.840. The first-order chi connectivity index (χ1) is 11.3. The summed E-state index contributed by atoms with van der Waals surface area (Å²) >= 11 is 0. The molecule has 120 valence electrons. The molecule has 1 atom stereocenters. The number of likely N-dealkylation sites (tertiary alicyclic amines) is 1. The second kappa shape index (κ2) is 7.32. The Labute approximate surface area is 137 Å². The zero-order chi connectivity index (χ0) is 16.1. The highest BCUT2D eigenvalue weighted by Gasteiger charge is 2.27. The fourth-order valence-corrected chi connectivity index (χ4v) is 3.19. The third-order valence-corrected chi connectivity index (χ3v) is 4.49. The number of hydrogen-bond acceptors (Lipinski definition) is 2. The van der Waals surface area contributed by atoms with E-state index in [0.29, 0.717) is 6.04 Å². The first-order valence-electron chi connectivity index (χ1n) is 8.35. The van der Waals surface area contributed by atoms with Crippen molar-refractivity contribution < 1.29 is 9.53 Å². The Bertz CT molecular complexity index is 636. The van der Waals surface area contributed by atoms with E-state index in [1.54, 1.807) is 0 Å². The third kappa shape index (κ3) is 3.73. The van der Waals surface area contributed by atoms with E-state index in [1.165, 1.54) is 5.56 Å². The Kier molecular flexibility index (Phi) is 4.96. The molecular formula is C20H23NO2. The Balaban J connectivity index is 1.57. The number of ether oxygens (including phenoxy) is 1. The molecule has 2 aromatic rings. The Morgan fingerprint density at radius 2 is 1.78 bits per heavy atom. The molecule has 1 aliphatic heterocycles. The maximum Gasteiger partial charge on any atom is 0.260 e. The maximum absolute atomic E-state index is 12.3. The predicted molar refractivity (Wildman–Crippen MR) is 92.4 cm³/mol. The van der Waals surface area contributed by atoms with Crippen molar-refractivity contribution in [2.24, 2.45) is 0 Å². The standard InChI is InChI=1S/C20H23NO2/c1-2-18-9-6-14-21(18)20(22)15-23-19-12-10-17(11-13-19)16-7-4-3-5-8-16/h3-5,7-8,10-13,18H,2,6,9,14-15H2,1H3. The number of amides is 1. The largest absolute Gasteiger partial charge is 0.484 e. The van der Waals surface area contributed by atoms with Gasteiger partial charge in [0.05, 0.1) is 0 Å². The number of rotatable bonds is 5. The van der Waals surface area contributed by atoms with Crippen LogP contribution in [0.1, 0.15) is 26.2 Å². The minimum absolute atomic E-state index is 0.0986. The smallest absolute Gasteiger partial charge is 0.260 e. The summed E-state index contributed by atoms with van der Waals surface area (Å²) in [5.41, 5.74) is 2.33. The molecule has 2 aromatic carbocycles. The quantitative estimate of drug-likeness (QED) is 0.831. The van der Waals surface area contributed by atoms with Gasteiger partial charge in [-0.25, -0.2) is 0 Å². The highest BCUT2D eigenvalue weighted by atomic mass is 16.5. The van der Waals surface area contributed by atoms with Gasteiger partial charge in [-0.3, -0.25) is 4.79 Å². The molecule has 23 heavy (non-hydrogen) atoms. The second-order valence-corrected chi connectivity index (χ2v) is 5.97. The van der Waals surface area contributed by atoms with Crippen LogP contribution in [0, 0.1) is 0 Å². The van der Waals surface area contributed by atoms with Gasteiger partial charge in [-0.15, -0.1) is 0 Å². The molecule has 1 unspecified atom stereocenters. The van der Waals surface area contributed by atoms with Crippen molar-refractivity contribution >= 4 is 5.91 Å². The topological polar surface area (TPSA) is 29.5 Å². The van der Waals surface area contributed by atoms with E-state index in [9.17, 15) is 4.79 Å². The summed E-state index contributed by atoms with van der Waals surface area (Å²) in [5, 5.41) is 0. The van der Waals surface area contributed by atoms with E-state index >= 15 is 0 Å². The van der Waals surface area contributed by atoms with Gasteiger partial charge in [-0.05, 0) is 42.5 Å². The predicted octanol–water partition coefficient (Wildman–Crippen LogP) is 4.13. The SMILES string of the molecule is CCC1CCCN1C(=O)COc1ccc(-c2ccccc2)cc1. The van der Waals surface area contributed by atoms with Crippen molar-refractivity contribution in [3.05, 3.63) is 54.6 Å². The zero-order valence-electron chi connectivity index (χ0n) is 13.6. The van der Waals surface area contributed by atoms with Gasteiger partial charge in [0, 0.05) is 12.6 Å². The van der Waals surface area contributed by atoms with Gasteiger partial charge in [0.15, 0.2) is 6.61 Å². The fraction of sp³-hybridized carbons (Fsp3) is 0.350. The minimum Gasteiger partial charge on any atom is -0.484 e. The molecule has 0 aromatic heterocycles. The van der Waals surface area contributed by atoms with Gasteiger partial charge < -0.3 is 9.64 Å². The van der Waals surface area contributed by atoms with Gasteiger partial charge in [-0.1, -0.05) is 49.4 Å². The van der Waals surface area contributed by atoms with Crippen molar-refractivity contribution in [1.82, 2.24) is 4.90 Å². The minimum atomic E-state index is 0.0986. The van der Waals surface area contributed by atoms with Crippen LogP contribution in [0.5, 0.6) is 5.75 Å². The van der Waals surface area contributed by atoms with E-state index < -0.39 is 0 Å². The molecule has 1 saturated heterocycles. The molecule has 1 fully saturated rings. The lowest BCUT2D eigenvalue weighted by atomic mass is 10.1. The van der Waals surface area contributed by atoms with E-state index in [0.717, 1.165) is 37.1 Å². The van der Waals surface area contributed by atoms with Crippen LogP contribution in [0.3, 0.4) is 0 Å². The summed E-state index contributed by atoms with van der Waals surface area (Å²) in [6.45, 7) is 3.13. The number of benzene rings is 2. The molecule has 1 aliphatic rings. The molecule has 3 heteroatoms. The molecule has 1 heterocycles. The Hall–Kier alpha value is -2.29. The first-order valence-corrected chi connectivity index (χ1v) is 8.35. The highest BCUT2D eigenvalue weighted by Crippen LogP contribution is 2.23. The van der Waals surface area contributed by atoms with Crippen LogP contribution in [0.4, 0.5) is 0 Å². The van der Waals surface area contributed by atoms with E-state index in [4.69, 9.17) is 4.74 Å². The lowest BCUT2D eigenvalue weighted by molar-refractivity contribution is -0.134. The van der Waals surface area contributed by atoms with Crippen LogP contribution in [0.25, 0.3) is 11.1 Å². The molecule has 0 radical (unpaired) electrons. The van der Waals surface area contributed by atoms with Crippen molar-refractivity contribution in [3.63, 3.8) is 0 Å². The summed E-state index contributed by atoms with van der Waals surface area (Å²) in [4.78, 5) is 14.2. The summed E-state index contributed by atoms with van der Waals surface area (Å²) in [6.07, 6.45) is 3.25. The number of carbonyl (C=O) groups excluding carboxylic acids is 1. The summed E-state index contributed by atoms with van der Waals surface area (Å²) < 4.78 is 5.67. The van der Waals surface area contributed by atoms with Crippen LogP contribution < -0.4 is 4.74 Å². The average molecular weight is 309 g/mol. The van der Waals surface area contributed by atoms with Crippen molar-refractivity contribution in [3.8, 4) is 16.9 Å². The zero-order valence-corrected chi connectivity index (χ0v) is 13.6. The van der Waals surface area contributed by atoms with E-state index in [1.807, 2.05) is 47.4 Å². The molecule has 3 nitrogen and oxygen atoms in total. The molecule has 0 spiro atoms. The molecule has 0 N–H and O–H groups in total. The molecular weight excluding hydrogens is 286 g/mol. The van der Waals surface area contributed by atoms with Gasteiger partial charge in [0.2, 0.25) is 0 Å². The van der Waals surface area contributed by atoms with Crippen LogP contribution in [0.15, 0.2) is 54.6 Å². The number of hydrogen-bond donors (Lipinski definition) is 0. The number of nitrogens with zero attached hydrogens (tertiary/aromatic N) is 1. The van der Waals surface area contributed by atoms with E-state index in [-0.39, 0.29) is 12.5 Å². The van der Waals surface area contributed by atoms with Crippen LogP contribution in [-0.4, -0.2) is 30.0 Å². The molecule has 1 amide bonds. The highest BCUT2D eigenvalue weighted by molar-refractivity contribution is 5.78. The Morgan fingerprint density at radius 3 is 2.48 bits per heavy atom. The van der Waals surface area contributed by atoms with Crippen LogP contribution >= 0.6 is 0 Å². The molecule has 3 rings (SSSR count). The monoisotopic (exact) mass is 309 g/mol. The second-order valence-electron chi connectivity index (χ2n) is 5.97. The lowest BCUT2D eigenvalue weighted by Crippen LogP contribution is -2.38. The van der Waals surface area contributed by atoms with Crippen LogP contribution in [0.2, 0.25) is 0 Å². The molecule has 0 saturated carbocycles. The van der Waals surface area contributed by atoms with Crippen molar-refractivity contribution in [1.29, 1.82) is 0 Å². The number of carbonyl (C=O) groups is 1.